The maximum Gasteiger partial charge on any atom is 0.338 e. The van der Waals surface area contributed by atoms with Crippen molar-refractivity contribution in [3.05, 3.63) is 59.7 Å². The molecule has 0 atom stereocenters. The molecule has 4 rings (SSSR count). The molecule has 0 heterocycles. The normalized spacial score (nSPS) is 11.8. The minimum absolute atomic E-state index is 0.306. The molecule has 36 heavy (non-hydrogen) atoms. The summed E-state index contributed by atoms with van der Waals surface area (Å²) in [6.45, 7) is 14.3. The molecule has 1 aliphatic rings. The number of rotatable bonds is 12. The monoisotopic (exact) mass is 488 g/mol. The zero-order valence-electron chi connectivity index (χ0n) is 21.8. The Hall–Kier alpha value is -3.22. The van der Waals surface area contributed by atoms with Crippen LogP contribution in [-0.4, -0.2) is 74.2 Å². The number of esters is 2. The lowest BCUT2D eigenvalue weighted by atomic mass is 9.98. The van der Waals surface area contributed by atoms with Gasteiger partial charge < -0.3 is 19.3 Å². The van der Waals surface area contributed by atoms with E-state index in [0.717, 1.165) is 72.3 Å². The summed E-state index contributed by atoms with van der Waals surface area (Å²) < 4.78 is 11.2. The molecule has 3 aromatic rings. The van der Waals surface area contributed by atoms with Crippen LogP contribution in [0.2, 0.25) is 0 Å². The van der Waals surface area contributed by atoms with Gasteiger partial charge in [0.1, 0.15) is 13.2 Å². The van der Waals surface area contributed by atoms with E-state index in [9.17, 15) is 9.59 Å². The van der Waals surface area contributed by atoms with Crippen LogP contribution in [0.4, 0.5) is 0 Å². The Labute approximate surface area is 213 Å². The Kier molecular flexibility index (Phi) is 8.39. The lowest BCUT2D eigenvalue weighted by molar-refractivity contribution is 0.0459. The molecule has 6 nitrogen and oxygen atoms in total. The third-order valence-electron chi connectivity index (χ3n) is 7.17. The van der Waals surface area contributed by atoms with Crippen LogP contribution in [0.25, 0.3) is 33.0 Å². The van der Waals surface area contributed by atoms with Crippen LogP contribution in [0.15, 0.2) is 48.5 Å². The van der Waals surface area contributed by atoms with Crippen molar-refractivity contribution in [2.75, 3.05) is 52.5 Å². The standard InChI is InChI=1S/C30H36N2O4/c1-5-31(6-2)16-18-35-29(33)21-12-13-22-23-10-9-11-24-26(15-14-25(28(23)24)27(22)20-21)30(34)36-19-17-32(7-3)8-4/h9-15,20H,5-8,16-19H2,1-4H3. The summed E-state index contributed by atoms with van der Waals surface area (Å²) in [5.74, 6) is -0.621. The molecular formula is C30H36N2O4. The molecule has 0 aliphatic heterocycles. The zero-order valence-corrected chi connectivity index (χ0v) is 21.8. The van der Waals surface area contributed by atoms with Crippen molar-refractivity contribution >= 4 is 22.7 Å². The second-order valence-corrected chi connectivity index (χ2v) is 8.97. The number of benzene rings is 3. The van der Waals surface area contributed by atoms with Gasteiger partial charge in [-0.3, -0.25) is 0 Å². The highest BCUT2D eigenvalue weighted by molar-refractivity contribution is 6.20. The molecule has 0 saturated heterocycles. The van der Waals surface area contributed by atoms with Crippen LogP contribution in [-0.2, 0) is 9.47 Å². The lowest BCUT2D eigenvalue weighted by Gasteiger charge is -2.17. The SMILES string of the molecule is CCN(CC)CCOC(=O)c1ccc2c(c1)-c1ccc(C(=O)OCCN(CC)CC)c3cccc-2c13. The van der Waals surface area contributed by atoms with Crippen LogP contribution in [0, 0.1) is 0 Å². The summed E-state index contributed by atoms with van der Waals surface area (Å²) in [5.41, 5.74) is 5.24. The second-order valence-electron chi connectivity index (χ2n) is 8.97. The van der Waals surface area contributed by atoms with Gasteiger partial charge in [0, 0.05) is 13.1 Å². The largest absolute Gasteiger partial charge is 0.461 e. The highest BCUT2D eigenvalue weighted by Crippen LogP contribution is 2.48. The molecule has 0 amide bonds. The molecule has 3 aromatic carbocycles. The number of hydrogen-bond acceptors (Lipinski definition) is 6. The van der Waals surface area contributed by atoms with E-state index in [0.29, 0.717) is 24.3 Å². The highest BCUT2D eigenvalue weighted by atomic mass is 16.5. The van der Waals surface area contributed by atoms with E-state index in [1.165, 1.54) is 0 Å². The van der Waals surface area contributed by atoms with Crippen molar-refractivity contribution in [1.29, 1.82) is 0 Å². The van der Waals surface area contributed by atoms with Crippen LogP contribution in [0.5, 0.6) is 0 Å². The minimum atomic E-state index is -0.314. The maximum atomic E-state index is 13.0. The van der Waals surface area contributed by atoms with Gasteiger partial charge in [-0.25, -0.2) is 9.59 Å². The Morgan fingerprint density at radius 1 is 0.667 bits per heavy atom. The summed E-state index contributed by atoms with van der Waals surface area (Å²) in [6.07, 6.45) is 0. The molecular weight excluding hydrogens is 452 g/mol. The number of likely N-dealkylation sites (N-methyl/N-ethyl adjacent to an activating group) is 2. The van der Waals surface area contributed by atoms with Crippen molar-refractivity contribution < 1.29 is 19.1 Å². The number of hydrogen-bond donors (Lipinski definition) is 0. The maximum absolute atomic E-state index is 13.0. The van der Waals surface area contributed by atoms with Gasteiger partial charge in [0.15, 0.2) is 0 Å². The fraction of sp³-hybridized carbons (Fsp3) is 0.400. The zero-order chi connectivity index (χ0) is 25.7. The molecule has 0 unspecified atom stereocenters. The van der Waals surface area contributed by atoms with Gasteiger partial charge in [-0.1, -0.05) is 58.0 Å². The third-order valence-corrected chi connectivity index (χ3v) is 7.17. The van der Waals surface area contributed by atoms with Crippen LogP contribution in [0.1, 0.15) is 48.4 Å². The Morgan fingerprint density at radius 3 is 1.89 bits per heavy atom. The Bertz CT molecular complexity index is 1250. The molecule has 0 N–H and O–H groups in total. The predicted octanol–water partition coefficient (Wildman–Crippen LogP) is 5.48. The van der Waals surface area contributed by atoms with Gasteiger partial charge in [0.05, 0.1) is 11.1 Å². The molecule has 0 saturated carbocycles. The lowest BCUT2D eigenvalue weighted by Crippen LogP contribution is -2.27. The summed E-state index contributed by atoms with van der Waals surface area (Å²) in [4.78, 5) is 30.2. The fourth-order valence-corrected chi connectivity index (χ4v) is 4.94. The van der Waals surface area contributed by atoms with Gasteiger partial charge in [-0.05, 0) is 77.4 Å². The fourth-order valence-electron chi connectivity index (χ4n) is 4.94. The second kappa shape index (κ2) is 11.7. The number of fused-ring (bicyclic) bond motifs is 3. The Morgan fingerprint density at radius 2 is 1.25 bits per heavy atom. The number of carbonyl (C=O) groups excluding carboxylic acids is 2. The smallest absolute Gasteiger partial charge is 0.338 e. The first kappa shape index (κ1) is 25.9. The van der Waals surface area contributed by atoms with Crippen molar-refractivity contribution in [1.82, 2.24) is 9.80 Å². The quantitative estimate of drug-likeness (QED) is 0.246. The van der Waals surface area contributed by atoms with Crippen LogP contribution >= 0.6 is 0 Å². The third kappa shape index (κ3) is 5.15. The number of nitrogens with zero attached hydrogens (tertiary/aromatic N) is 2. The van der Waals surface area contributed by atoms with Crippen molar-refractivity contribution in [2.45, 2.75) is 27.7 Å². The van der Waals surface area contributed by atoms with E-state index in [1.807, 2.05) is 42.5 Å². The first-order valence-corrected chi connectivity index (χ1v) is 13.0. The first-order chi connectivity index (χ1) is 17.5. The van der Waals surface area contributed by atoms with Crippen molar-refractivity contribution in [3.8, 4) is 22.3 Å². The van der Waals surface area contributed by atoms with E-state index in [4.69, 9.17) is 9.47 Å². The topological polar surface area (TPSA) is 59.1 Å². The summed E-state index contributed by atoms with van der Waals surface area (Å²) in [7, 11) is 0. The molecule has 1 aliphatic carbocycles. The average Bonchev–Trinajstić information content (AvgIpc) is 3.23. The van der Waals surface area contributed by atoms with Crippen molar-refractivity contribution in [3.63, 3.8) is 0 Å². The van der Waals surface area contributed by atoms with Gasteiger partial charge in [-0.15, -0.1) is 0 Å². The molecule has 0 radical (unpaired) electrons. The van der Waals surface area contributed by atoms with E-state index >= 15 is 0 Å². The van der Waals surface area contributed by atoms with Crippen LogP contribution < -0.4 is 0 Å². The van der Waals surface area contributed by atoms with E-state index in [2.05, 4.69) is 43.6 Å². The van der Waals surface area contributed by atoms with E-state index in [1.54, 1.807) is 0 Å². The number of ether oxygens (including phenoxy) is 2. The van der Waals surface area contributed by atoms with Gasteiger partial charge >= 0.3 is 11.9 Å². The highest BCUT2D eigenvalue weighted by Gasteiger charge is 2.25. The summed E-state index contributed by atoms with van der Waals surface area (Å²) >= 11 is 0. The van der Waals surface area contributed by atoms with Gasteiger partial charge in [-0.2, -0.15) is 0 Å². The molecule has 190 valence electrons. The molecule has 0 aromatic heterocycles. The Balaban J connectivity index is 1.56. The van der Waals surface area contributed by atoms with Gasteiger partial charge in [0.25, 0.3) is 0 Å². The van der Waals surface area contributed by atoms with E-state index in [-0.39, 0.29) is 11.9 Å². The summed E-state index contributed by atoms with van der Waals surface area (Å²) in [5, 5.41) is 1.90. The number of carbonyl (C=O) groups is 2. The van der Waals surface area contributed by atoms with E-state index < -0.39 is 0 Å². The predicted molar refractivity (Wildman–Crippen MR) is 145 cm³/mol. The molecule has 6 heteroatoms. The molecule has 0 bridgehead atoms. The van der Waals surface area contributed by atoms with Crippen molar-refractivity contribution in [2.24, 2.45) is 0 Å². The first-order valence-electron chi connectivity index (χ1n) is 13.0. The summed E-state index contributed by atoms with van der Waals surface area (Å²) in [6, 6.07) is 15.5. The average molecular weight is 489 g/mol. The minimum Gasteiger partial charge on any atom is -0.461 e. The molecule has 0 spiro atoms. The van der Waals surface area contributed by atoms with Crippen LogP contribution in [0.3, 0.4) is 0 Å². The van der Waals surface area contributed by atoms with Gasteiger partial charge in [0.2, 0.25) is 0 Å². The molecule has 0 fully saturated rings.